The monoisotopic (exact) mass is 268 g/mol. The summed E-state index contributed by atoms with van der Waals surface area (Å²) in [5.74, 6) is 0. The van der Waals surface area contributed by atoms with E-state index in [9.17, 15) is 10.1 Å². The Morgan fingerprint density at radius 2 is 2.25 bits per heavy atom. The second-order valence-electron chi connectivity index (χ2n) is 4.23. The molecule has 100 valence electrons. The number of nitro benzene ring substituents is 1. The van der Waals surface area contributed by atoms with Gasteiger partial charge in [0.2, 0.25) is 0 Å². The van der Waals surface area contributed by atoms with E-state index in [2.05, 4.69) is 10.3 Å². The molecule has 0 atom stereocenters. The van der Waals surface area contributed by atoms with Gasteiger partial charge < -0.3 is 5.32 Å². The minimum absolute atomic E-state index is 0.0444. The molecule has 0 saturated heterocycles. The van der Waals surface area contributed by atoms with Crippen molar-refractivity contribution in [3.63, 3.8) is 0 Å². The number of pyridine rings is 1. The van der Waals surface area contributed by atoms with Crippen LogP contribution in [0.15, 0.2) is 36.7 Å². The van der Waals surface area contributed by atoms with Crippen LogP contribution in [0, 0.1) is 28.4 Å². The van der Waals surface area contributed by atoms with Crippen LogP contribution in [0.1, 0.15) is 16.7 Å². The second-order valence-corrected chi connectivity index (χ2v) is 4.23. The minimum Gasteiger partial charge on any atom is -0.375 e. The van der Waals surface area contributed by atoms with Crippen LogP contribution in [0.25, 0.3) is 0 Å². The topological polar surface area (TPSA) is 91.8 Å². The van der Waals surface area contributed by atoms with Crippen molar-refractivity contribution >= 4 is 11.4 Å². The third-order valence-electron chi connectivity index (χ3n) is 2.96. The average Bonchev–Trinajstić information content (AvgIpc) is 2.45. The van der Waals surface area contributed by atoms with E-state index in [0.717, 1.165) is 11.1 Å². The zero-order valence-corrected chi connectivity index (χ0v) is 10.8. The van der Waals surface area contributed by atoms with E-state index in [-0.39, 0.29) is 11.3 Å². The summed E-state index contributed by atoms with van der Waals surface area (Å²) >= 11 is 0. The Morgan fingerprint density at radius 1 is 1.45 bits per heavy atom. The number of aryl methyl sites for hydroxylation is 1. The summed E-state index contributed by atoms with van der Waals surface area (Å²) in [6.45, 7) is 2.36. The summed E-state index contributed by atoms with van der Waals surface area (Å²) in [6.07, 6.45) is 3.40. The predicted molar refractivity (Wildman–Crippen MR) is 74.1 cm³/mol. The summed E-state index contributed by atoms with van der Waals surface area (Å²) in [4.78, 5) is 14.6. The van der Waals surface area contributed by atoms with Crippen molar-refractivity contribution in [3.8, 4) is 6.07 Å². The van der Waals surface area contributed by atoms with Crippen molar-refractivity contribution in [3.05, 3.63) is 63.5 Å². The van der Waals surface area contributed by atoms with Crippen LogP contribution in [0.2, 0.25) is 0 Å². The van der Waals surface area contributed by atoms with E-state index in [1.54, 1.807) is 24.5 Å². The second kappa shape index (κ2) is 5.80. The predicted octanol–water partition coefficient (Wildman–Crippen LogP) is 2.78. The van der Waals surface area contributed by atoms with Gasteiger partial charge in [0.1, 0.15) is 17.3 Å². The normalized spacial score (nSPS) is 9.80. The standard InChI is InChI=1S/C14H12N4O2/c1-10-5-6-16-8-12(10)9-17-13-4-2-3-11(7-15)14(13)18(19)20/h2-6,8,17H,9H2,1H3. The third-order valence-corrected chi connectivity index (χ3v) is 2.96. The first kappa shape index (κ1) is 13.5. The molecule has 0 aliphatic carbocycles. The molecule has 1 aromatic carbocycles. The third kappa shape index (κ3) is 2.72. The first-order chi connectivity index (χ1) is 9.63. The van der Waals surface area contributed by atoms with Crippen molar-refractivity contribution < 1.29 is 4.92 Å². The van der Waals surface area contributed by atoms with E-state index in [4.69, 9.17) is 5.26 Å². The molecule has 0 radical (unpaired) electrons. The molecule has 0 saturated carbocycles. The van der Waals surface area contributed by atoms with Gasteiger partial charge >= 0.3 is 5.69 Å². The largest absolute Gasteiger partial charge is 0.375 e. The maximum atomic E-state index is 11.1. The van der Waals surface area contributed by atoms with Gasteiger partial charge in [-0.1, -0.05) is 6.07 Å². The van der Waals surface area contributed by atoms with Crippen LogP contribution in [0.5, 0.6) is 0 Å². The van der Waals surface area contributed by atoms with Crippen molar-refractivity contribution in [2.75, 3.05) is 5.32 Å². The molecule has 6 heteroatoms. The summed E-state index contributed by atoms with van der Waals surface area (Å²) in [5, 5.41) is 23.0. The van der Waals surface area contributed by atoms with Crippen LogP contribution in [0.3, 0.4) is 0 Å². The molecule has 0 spiro atoms. The van der Waals surface area contributed by atoms with E-state index in [0.29, 0.717) is 12.2 Å². The Balaban J connectivity index is 2.29. The summed E-state index contributed by atoms with van der Waals surface area (Å²) in [6, 6.07) is 8.34. The number of anilines is 1. The molecule has 1 heterocycles. The molecule has 0 bridgehead atoms. The number of nitrogens with one attached hydrogen (secondary N) is 1. The lowest BCUT2D eigenvalue weighted by atomic mass is 10.1. The van der Waals surface area contributed by atoms with Crippen LogP contribution < -0.4 is 5.32 Å². The Morgan fingerprint density at radius 3 is 2.90 bits per heavy atom. The molecule has 1 N–H and O–H groups in total. The van der Waals surface area contributed by atoms with Crippen molar-refractivity contribution in [1.29, 1.82) is 5.26 Å². The van der Waals surface area contributed by atoms with Gasteiger partial charge in [0.15, 0.2) is 0 Å². The molecule has 0 aliphatic rings. The van der Waals surface area contributed by atoms with Gasteiger partial charge in [0.25, 0.3) is 0 Å². The number of benzene rings is 1. The van der Waals surface area contributed by atoms with Crippen LogP contribution in [-0.2, 0) is 6.54 Å². The number of rotatable bonds is 4. The van der Waals surface area contributed by atoms with Gasteiger partial charge in [0, 0.05) is 18.9 Å². The van der Waals surface area contributed by atoms with Gasteiger partial charge in [-0.3, -0.25) is 15.1 Å². The molecule has 0 fully saturated rings. The fourth-order valence-electron chi connectivity index (χ4n) is 1.85. The number of hydrogen-bond acceptors (Lipinski definition) is 5. The Bertz CT molecular complexity index is 692. The molecule has 2 rings (SSSR count). The highest BCUT2D eigenvalue weighted by atomic mass is 16.6. The van der Waals surface area contributed by atoms with Gasteiger partial charge in [-0.15, -0.1) is 0 Å². The highest BCUT2D eigenvalue weighted by Crippen LogP contribution is 2.28. The maximum Gasteiger partial charge on any atom is 0.309 e. The zero-order valence-electron chi connectivity index (χ0n) is 10.8. The molecule has 1 aromatic heterocycles. The Kier molecular flexibility index (Phi) is 3.91. The quantitative estimate of drug-likeness (QED) is 0.680. The fraction of sp³-hybridized carbons (Fsp3) is 0.143. The van der Waals surface area contributed by atoms with Crippen LogP contribution >= 0.6 is 0 Å². The van der Waals surface area contributed by atoms with E-state index in [1.165, 1.54) is 6.07 Å². The number of nitriles is 1. The van der Waals surface area contributed by atoms with Gasteiger partial charge in [-0.2, -0.15) is 5.26 Å². The lowest BCUT2D eigenvalue weighted by molar-refractivity contribution is -0.384. The van der Waals surface area contributed by atoms with E-state index < -0.39 is 4.92 Å². The van der Waals surface area contributed by atoms with Gasteiger partial charge in [-0.25, -0.2) is 0 Å². The van der Waals surface area contributed by atoms with E-state index >= 15 is 0 Å². The summed E-state index contributed by atoms with van der Waals surface area (Å²) < 4.78 is 0. The smallest absolute Gasteiger partial charge is 0.309 e. The number of nitrogens with zero attached hydrogens (tertiary/aromatic N) is 3. The van der Waals surface area contributed by atoms with Crippen LogP contribution in [0.4, 0.5) is 11.4 Å². The number of aromatic nitrogens is 1. The summed E-state index contributed by atoms with van der Waals surface area (Å²) in [7, 11) is 0. The molecule has 6 nitrogen and oxygen atoms in total. The lowest BCUT2D eigenvalue weighted by Crippen LogP contribution is -2.05. The zero-order chi connectivity index (χ0) is 14.5. The highest BCUT2D eigenvalue weighted by Gasteiger charge is 2.19. The van der Waals surface area contributed by atoms with Gasteiger partial charge in [-0.05, 0) is 36.2 Å². The first-order valence-corrected chi connectivity index (χ1v) is 5.94. The lowest BCUT2D eigenvalue weighted by Gasteiger charge is -2.09. The molecule has 0 unspecified atom stereocenters. The van der Waals surface area contributed by atoms with Crippen molar-refractivity contribution in [2.45, 2.75) is 13.5 Å². The van der Waals surface area contributed by atoms with Crippen molar-refractivity contribution in [2.24, 2.45) is 0 Å². The Labute approximate surface area is 115 Å². The maximum absolute atomic E-state index is 11.1. The molecule has 2 aromatic rings. The van der Waals surface area contributed by atoms with E-state index in [1.807, 2.05) is 19.1 Å². The SMILES string of the molecule is Cc1ccncc1CNc1cccc(C#N)c1[N+](=O)[O-]. The number of para-hydroxylation sites is 1. The highest BCUT2D eigenvalue weighted by molar-refractivity contribution is 5.68. The number of hydrogen-bond donors (Lipinski definition) is 1. The number of nitro groups is 1. The van der Waals surface area contributed by atoms with Crippen LogP contribution in [-0.4, -0.2) is 9.91 Å². The summed E-state index contributed by atoms with van der Waals surface area (Å²) in [5.41, 5.74) is 2.17. The minimum atomic E-state index is -0.545. The molecule has 0 aliphatic heterocycles. The first-order valence-electron chi connectivity index (χ1n) is 5.94. The fourth-order valence-corrected chi connectivity index (χ4v) is 1.85. The molecule has 20 heavy (non-hydrogen) atoms. The Hall–Kier alpha value is -2.94. The van der Waals surface area contributed by atoms with Gasteiger partial charge in [0.05, 0.1) is 4.92 Å². The van der Waals surface area contributed by atoms with Crippen molar-refractivity contribution in [1.82, 2.24) is 4.98 Å². The molecular weight excluding hydrogens is 256 g/mol. The average molecular weight is 268 g/mol. The molecular formula is C14H12N4O2. The molecule has 0 amide bonds.